The summed E-state index contributed by atoms with van der Waals surface area (Å²) in [5.74, 6) is 0.149. The Labute approximate surface area is 136 Å². The Bertz CT molecular complexity index is 594. The molecule has 2 N–H and O–H groups in total. The molecule has 0 radical (unpaired) electrons. The standard InChI is InChI=1S/C17H24N4O2/c1-2-19-16(22)12-20-5-7-21(8-6-20)17(23)13-3-4-14-10-18-11-15(14)9-13/h3-4,9,18H,2,5-8,10-12H2,1H3,(H,19,22). The van der Waals surface area contributed by atoms with Crippen molar-refractivity contribution >= 4 is 11.8 Å². The van der Waals surface area contributed by atoms with Crippen LogP contribution in [0.1, 0.15) is 28.4 Å². The van der Waals surface area contributed by atoms with Crippen LogP contribution in [0.2, 0.25) is 0 Å². The van der Waals surface area contributed by atoms with Crippen LogP contribution >= 0.6 is 0 Å². The summed E-state index contributed by atoms with van der Waals surface area (Å²) in [7, 11) is 0. The average Bonchev–Trinajstić information content (AvgIpc) is 3.02. The van der Waals surface area contributed by atoms with E-state index >= 15 is 0 Å². The summed E-state index contributed by atoms with van der Waals surface area (Å²) in [5, 5.41) is 6.11. The van der Waals surface area contributed by atoms with E-state index in [9.17, 15) is 9.59 Å². The van der Waals surface area contributed by atoms with E-state index < -0.39 is 0 Å². The van der Waals surface area contributed by atoms with Gasteiger partial charge in [0.1, 0.15) is 0 Å². The monoisotopic (exact) mass is 316 g/mol. The van der Waals surface area contributed by atoms with Crippen LogP contribution in [0.3, 0.4) is 0 Å². The maximum Gasteiger partial charge on any atom is 0.253 e. The number of hydrogen-bond donors (Lipinski definition) is 2. The molecule has 124 valence electrons. The van der Waals surface area contributed by atoms with Gasteiger partial charge >= 0.3 is 0 Å². The topological polar surface area (TPSA) is 64.7 Å². The summed E-state index contributed by atoms with van der Waals surface area (Å²) in [6.07, 6.45) is 0. The number of hydrogen-bond acceptors (Lipinski definition) is 4. The molecule has 0 saturated carbocycles. The molecular formula is C17H24N4O2. The normalized spacial score (nSPS) is 17.9. The summed E-state index contributed by atoms with van der Waals surface area (Å²) in [6.45, 7) is 7.57. The predicted molar refractivity (Wildman–Crippen MR) is 88.0 cm³/mol. The second-order valence-electron chi connectivity index (χ2n) is 6.11. The third-order valence-corrected chi connectivity index (χ3v) is 4.48. The second kappa shape index (κ2) is 7.10. The second-order valence-corrected chi connectivity index (χ2v) is 6.11. The Morgan fingerprint density at radius 2 is 1.87 bits per heavy atom. The fourth-order valence-electron chi connectivity index (χ4n) is 3.18. The van der Waals surface area contributed by atoms with E-state index in [2.05, 4.69) is 15.5 Å². The van der Waals surface area contributed by atoms with Gasteiger partial charge in [-0.05, 0) is 30.2 Å². The average molecular weight is 316 g/mol. The van der Waals surface area contributed by atoms with Crippen LogP contribution in [-0.2, 0) is 17.9 Å². The molecule has 6 heteroatoms. The Morgan fingerprint density at radius 1 is 1.13 bits per heavy atom. The lowest BCUT2D eigenvalue weighted by Crippen LogP contribution is -2.51. The maximum absolute atomic E-state index is 12.6. The van der Waals surface area contributed by atoms with Gasteiger partial charge in [-0.15, -0.1) is 0 Å². The van der Waals surface area contributed by atoms with Crippen molar-refractivity contribution < 1.29 is 9.59 Å². The molecule has 1 aromatic rings. The quantitative estimate of drug-likeness (QED) is 0.832. The van der Waals surface area contributed by atoms with Crippen LogP contribution in [-0.4, -0.2) is 60.9 Å². The summed E-state index contributed by atoms with van der Waals surface area (Å²) in [4.78, 5) is 28.2. The van der Waals surface area contributed by atoms with Crippen molar-refractivity contribution in [2.45, 2.75) is 20.0 Å². The minimum Gasteiger partial charge on any atom is -0.355 e. The molecule has 1 fully saturated rings. The zero-order chi connectivity index (χ0) is 16.2. The molecule has 0 aromatic heterocycles. The molecule has 0 bridgehead atoms. The van der Waals surface area contributed by atoms with E-state index in [4.69, 9.17) is 0 Å². The molecular weight excluding hydrogens is 292 g/mol. The summed E-state index contributed by atoms with van der Waals surface area (Å²) < 4.78 is 0. The summed E-state index contributed by atoms with van der Waals surface area (Å²) >= 11 is 0. The van der Waals surface area contributed by atoms with E-state index in [1.165, 1.54) is 11.1 Å². The molecule has 0 atom stereocenters. The highest BCUT2D eigenvalue weighted by Gasteiger charge is 2.24. The van der Waals surface area contributed by atoms with Crippen molar-refractivity contribution in [1.29, 1.82) is 0 Å². The fraction of sp³-hybridized carbons (Fsp3) is 0.529. The van der Waals surface area contributed by atoms with Gasteiger partial charge in [0.2, 0.25) is 5.91 Å². The first-order valence-corrected chi connectivity index (χ1v) is 8.28. The minimum atomic E-state index is 0.0541. The summed E-state index contributed by atoms with van der Waals surface area (Å²) in [5.41, 5.74) is 3.28. The molecule has 2 heterocycles. The largest absolute Gasteiger partial charge is 0.355 e. The first-order valence-electron chi connectivity index (χ1n) is 8.28. The molecule has 2 aliphatic rings. The SMILES string of the molecule is CCNC(=O)CN1CCN(C(=O)c2ccc3c(c2)CNC3)CC1. The number of benzene rings is 1. The number of nitrogens with one attached hydrogen (secondary N) is 2. The Balaban J connectivity index is 1.55. The maximum atomic E-state index is 12.6. The number of carbonyl (C=O) groups excluding carboxylic acids is 2. The van der Waals surface area contributed by atoms with E-state index in [0.29, 0.717) is 26.2 Å². The number of carbonyl (C=O) groups is 2. The summed E-state index contributed by atoms with van der Waals surface area (Å²) in [6, 6.07) is 5.99. The zero-order valence-electron chi connectivity index (χ0n) is 13.6. The van der Waals surface area contributed by atoms with Gasteiger partial charge in [0.05, 0.1) is 6.54 Å². The van der Waals surface area contributed by atoms with E-state index in [1.54, 1.807) is 0 Å². The van der Waals surface area contributed by atoms with Crippen molar-refractivity contribution in [3.8, 4) is 0 Å². The Kier molecular flexibility index (Phi) is 4.93. The number of amides is 2. The molecule has 0 aliphatic carbocycles. The number of nitrogens with zero attached hydrogens (tertiary/aromatic N) is 2. The van der Waals surface area contributed by atoms with Gasteiger partial charge in [0.15, 0.2) is 0 Å². The van der Waals surface area contributed by atoms with Crippen molar-refractivity contribution in [3.63, 3.8) is 0 Å². The van der Waals surface area contributed by atoms with Gasteiger partial charge in [0, 0.05) is 51.4 Å². The van der Waals surface area contributed by atoms with Crippen LogP contribution < -0.4 is 10.6 Å². The van der Waals surface area contributed by atoms with E-state index in [-0.39, 0.29) is 11.8 Å². The highest BCUT2D eigenvalue weighted by Crippen LogP contribution is 2.18. The van der Waals surface area contributed by atoms with Crippen molar-refractivity contribution in [3.05, 3.63) is 34.9 Å². The molecule has 6 nitrogen and oxygen atoms in total. The van der Waals surface area contributed by atoms with Gasteiger partial charge in [-0.25, -0.2) is 0 Å². The first kappa shape index (κ1) is 16.0. The lowest BCUT2D eigenvalue weighted by molar-refractivity contribution is -0.122. The molecule has 2 aliphatic heterocycles. The van der Waals surface area contributed by atoms with Crippen LogP contribution in [0, 0.1) is 0 Å². The van der Waals surface area contributed by atoms with Crippen LogP contribution in [0.25, 0.3) is 0 Å². The molecule has 23 heavy (non-hydrogen) atoms. The molecule has 0 spiro atoms. The van der Waals surface area contributed by atoms with E-state index in [1.807, 2.05) is 30.0 Å². The highest BCUT2D eigenvalue weighted by molar-refractivity contribution is 5.94. The van der Waals surface area contributed by atoms with Crippen molar-refractivity contribution in [2.75, 3.05) is 39.3 Å². The van der Waals surface area contributed by atoms with Crippen molar-refractivity contribution in [1.82, 2.24) is 20.4 Å². The molecule has 1 saturated heterocycles. The third kappa shape index (κ3) is 3.71. The minimum absolute atomic E-state index is 0.0541. The van der Waals surface area contributed by atoms with Gasteiger partial charge in [-0.2, -0.15) is 0 Å². The van der Waals surface area contributed by atoms with Gasteiger partial charge in [-0.1, -0.05) is 6.07 Å². The number of fused-ring (bicyclic) bond motifs is 1. The van der Waals surface area contributed by atoms with E-state index in [0.717, 1.165) is 31.7 Å². The van der Waals surface area contributed by atoms with Gasteiger partial charge < -0.3 is 15.5 Å². The van der Waals surface area contributed by atoms with Crippen molar-refractivity contribution in [2.24, 2.45) is 0 Å². The van der Waals surface area contributed by atoms with Crippen LogP contribution in [0.15, 0.2) is 18.2 Å². The van der Waals surface area contributed by atoms with Crippen LogP contribution in [0.5, 0.6) is 0 Å². The Morgan fingerprint density at radius 3 is 2.61 bits per heavy atom. The predicted octanol–water partition coefficient (Wildman–Crippen LogP) is 0.184. The van der Waals surface area contributed by atoms with Crippen LogP contribution in [0.4, 0.5) is 0 Å². The third-order valence-electron chi connectivity index (χ3n) is 4.48. The van der Waals surface area contributed by atoms with Gasteiger partial charge in [-0.3, -0.25) is 14.5 Å². The molecule has 3 rings (SSSR count). The molecule has 1 aromatic carbocycles. The fourth-order valence-corrected chi connectivity index (χ4v) is 3.18. The smallest absolute Gasteiger partial charge is 0.253 e. The van der Waals surface area contributed by atoms with Gasteiger partial charge in [0.25, 0.3) is 5.91 Å². The number of piperazine rings is 1. The number of likely N-dealkylation sites (N-methyl/N-ethyl adjacent to an activating group) is 1. The first-order chi connectivity index (χ1) is 11.2. The molecule has 0 unspecified atom stereocenters. The molecule has 2 amide bonds. The lowest BCUT2D eigenvalue weighted by atomic mass is 10.1. The Hall–Kier alpha value is -1.92. The highest BCUT2D eigenvalue weighted by atomic mass is 16.2. The lowest BCUT2D eigenvalue weighted by Gasteiger charge is -2.34. The number of rotatable bonds is 4. The zero-order valence-corrected chi connectivity index (χ0v) is 13.6.